The highest BCUT2D eigenvalue weighted by Crippen LogP contribution is 2.24. The van der Waals surface area contributed by atoms with E-state index in [2.05, 4.69) is 24.3 Å². The lowest BCUT2D eigenvalue weighted by molar-refractivity contribution is 0.0691. The second-order valence-corrected chi connectivity index (χ2v) is 4.97. The smallest absolute Gasteiger partial charge is 0.338 e. The number of hydrazine groups is 1. The Morgan fingerprint density at radius 3 is 2.68 bits per heavy atom. The predicted molar refractivity (Wildman–Crippen MR) is 69.4 cm³/mol. The summed E-state index contributed by atoms with van der Waals surface area (Å²) in [5.41, 5.74) is 2.56. The Bertz CT molecular complexity index is 471. The molecule has 1 aliphatic rings. The fourth-order valence-electron chi connectivity index (χ4n) is 2.45. The van der Waals surface area contributed by atoms with Crippen LogP contribution < -0.4 is 5.43 Å². The van der Waals surface area contributed by atoms with Crippen LogP contribution in [0.3, 0.4) is 0 Å². The van der Waals surface area contributed by atoms with Gasteiger partial charge in [-0.1, -0.05) is 6.42 Å². The van der Waals surface area contributed by atoms with Crippen LogP contribution in [0.4, 0.5) is 10.2 Å². The third kappa shape index (κ3) is 2.84. The van der Waals surface area contributed by atoms with Crippen molar-refractivity contribution < 1.29 is 14.3 Å². The Kier molecular flexibility index (Phi) is 3.99. The maximum Gasteiger partial charge on any atom is 0.338 e. The molecule has 6 heteroatoms. The Morgan fingerprint density at radius 2 is 2.11 bits per heavy atom. The molecule has 0 aliphatic carbocycles. The second kappa shape index (κ2) is 5.52. The summed E-state index contributed by atoms with van der Waals surface area (Å²) in [4.78, 5) is 14.8. The third-order valence-corrected chi connectivity index (χ3v) is 3.55. The molecule has 1 aromatic rings. The van der Waals surface area contributed by atoms with Crippen molar-refractivity contribution >= 4 is 11.8 Å². The highest BCUT2D eigenvalue weighted by atomic mass is 19.1. The molecular weight excluding hydrogens is 249 g/mol. The molecular formula is C13H18FN3O2. The van der Waals surface area contributed by atoms with Gasteiger partial charge in [0.1, 0.15) is 5.56 Å². The van der Waals surface area contributed by atoms with Crippen molar-refractivity contribution in [3.8, 4) is 0 Å². The molecule has 104 valence electrons. The van der Waals surface area contributed by atoms with E-state index in [0.29, 0.717) is 0 Å². The molecule has 2 N–H and O–H groups in total. The first kappa shape index (κ1) is 13.7. The van der Waals surface area contributed by atoms with Gasteiger partial charge in [-0.25, -0.2) is 19.2 Å². The Balaban J connectivity index is 2.23. The third-order valence-electron chi connectivity index (χ3n) is 3.55. The van der Waals surface area contributed by atoms with E-state index in [1.807, 2.05) is 5.01 Å². The van der Waals surface area contributed by atoms with E-state index >= 15 is 0 Å². The van der Waals surface area contributed by atoms with Crippen LogP contribution in [0.1, 0.15) is 43.5 Å². The predicted octanol–water partition coefficient (Wildman–Crippen LogP) is 2.51. The summed E-state index contributed by atoms with van der Waals surface area (Å²) < 4.78 is 14.0. The van der Waals surface area contributed by atoms with E-state index in [1.165, 1.54) is 6.20 Å². The van der Waals surface area contributed by atoms with Crippen LogP contribution in [0.25, 0.3) is 0 Å². The van der Waals surface area contributed by atoms with E-state index < -0.39 is 11.8 Å². The molecule has 1 aliphatic heterocycles. The van der Waals surface area contributed by atoms with Gasteiger partial charge < -0.3 is 10.5 Å². The molecule has 5 nitrogen and oxygen atoms in total. The Hall–Kier alpha value is -1.69. The van der Waals surface area contributed by atoms with Gasteiger partial charge >= 0.3 is 5.97 Å². The number of nitrogens with zero attached hydrogens (tertiary/aromatic N) is 2. The van der Waals surface area contributed by atoms with Gasteiger partial charge in [0.2, 0.25) is 0 Å². The quantitative estimate of drug-likeness (QED) is 0.881. The van der Waals surface area contributed by atoms with Gasteiger partial charge in [-0.05, 0) is 32.8 Å². The zero-order valence-corrected chi connectivity index (χ0v) is 11.1. The number of nitrogens with one attached hydrogen (secondary N) is 1. The number of carboxylic acids is 1. The van der Waals surface area contributed by atoms with E-state index in [0.717, 1.165) is 25.3 Å². The van der Waals surface area contributed by atoms with Crippen LogP contribution in [0.5, 0.6) is 0 Å². The number of carbonyl (C=O) groups is 1. The van der Waals surface area contributed by atoms with Crippen LogP contribution >= 0.6 is 0 Å². The minimum Gasteiger partial charge on any atom is -0.478 e. The van der Waals surface area contributed by atoms with Crippen molar-refractivity contribution in [1.82, 2.24) is 9.99 Å². The number of hydrogen-bond donors (Lipinski definition) is 2. The van der Waals surface area contributed by atoms with Crippen LogP contribution in [0.2, 0.25) is 0 Å². The van der Waals surface area contributed by atoms with E-state index in [1.54, 1.807) is 0 Å². The molecule has 0 bridgehead atoms. The standard InChI is InChI=1S/C13H18FN3O2/c1-8-4-3-5-9(2)17(8)16-12-11(14)10(13(18)19)6-7-15-12/h6-9H,3-5H2,1-2H3,(H,15,16)(H,18,19). The molecule has 0 spiro atoms. The molecule has 0 saturated carbocycles. The Labute approximate surface area is 111 Å². The fraction of sp³-hybridized carbons (Fsp3) is 0.538. The maximum atomic E-state index is 14.0. The SMILES string of the molecule is CC1CCCC(C)N1Nc1nccc(C(=O)O)c1F. The lowest BCUT2D eigenvalue weighted by Crippen LogP contribution is -2.47. The van der Waals surface area contributed by atoms with Gasteiger partial charge in [0.05, 0.1) is 0 Å². The number of piperidine rings is 1. The van der Waals surface area contributed by atoms with Crippen molar-refractivity contribution in [3.05, 3.63) is 23.6 Å². The van der Waals surface area contributed by atoms with E-state index in [-0.39, 0.29) is 23.5 Å². The number of aromatic nitrogens is 1. The molecule has 1 fully saturated rings. The van der Waals surface area contributed by atoms with Crippen molar-refractivity contribution in [2.24, 2.45) is 0 Å². The topological polar surface area (TPSA) is 65.5 Å². The average molecular weight is 267 g/mol. The number of pyridine rings is 1. The van der Waals surface area contributed by atoms with Gasteiger partial charge in [0.25, 0.3) is 0 Å². The fourth-order valence-corrected chi connectivity index (χ4v) is 2.45. The molecule has 0 radical (unpaired) electrons. The number of carboxylic acid groups (broad SMARTS) is 1. The first-order valence-corrected chi connectivity index (χ1v) is 6.43. The molecule has 2 atom stereocenters. The van der Waals surface area contributed by atoms with Crippen molar-refractivity contribution in [2.45, 2.75) is 45.2 Å². The lowest BCUT2D eigenvalue weighted by Gasteiger charge is -2.39. The van der Waals surface area contributed by atoms with Crippen molar-refractivity contribution in [2.75, 3.05) is 5.43 Å². The highest BCUT2D eigenvalue weighted by molar-refractivity contribution is 5.88. The summed E-state index contributed by atoms with van der Waals surface area (Å²) in [6.45, 7) is 4.11. The van der Waals surface area contributed by atoms with Crippen molar-refractivity contribution in [1.29, 1.82) is 0 Å². The summed E-state index contributed by atoms with van der Waals surface area (Å²) in [5.74, 6) is -2.14. The first-order valence-electron chi connectivity index (χ1n) is 6.43. The minimum atomic E-state index is -1.29. The van der Waals surface area contributed by atoms with Gasteiger partial charge in [0.15, 0.2) is 11.6 Å². The molecule has 0 amide bonds. The minimum absolute atomic E-state index is 0.0273. The zero-order valence-electron chi connectivity index (χ0n) is 11.1. The average Bonchev–Trinajstić information content (AvgIpc) is 2.35. The van der Waals surface area contributed by atoms with Crippen LogP contribution in [-0.4, -0.2) is 33.2 Å². The molecule has 2 unspecified atom stereocenters. The number of rotatable bonds is 3. The number of hydrogen-bond acceptors (Lipinski definition) is 4. The normalized spacial score (nSPS) is 24.2. The molecule has 1 saturated heterocycles. The van der Waals surface area contributed by atoms with Gasteiger partial charge in [-0.3, -0.25) is 0 Å². The van der Waals surface area contributed by atoms with Crippen LogP contribution in [-0.2, 0) is 0 Å². The zero-order chi connectivity index (χ0) is 14.0. The monoisotopic (exact) mass is 267 g/mol. The molecule has 19 heavy (non-hydrogen) atoms. The maximum absolute atomic E-state index is 14.0. The van der Waals surface area contributed by atoms with Gasteiger partial charge in [-0.2, -0.15) is 0 Å². The number of aromatic carboxylic acids is 1. The van der Waals surface area contributed by atoms with Gasteiger partial charge in [0, 0.05) is 18.3 Å². The number of halogens is 1. The summed E-state index contributed by atoms with van der Waals surface area (Å²) >= 11 is 0. The molecule has 2 heterocycles. The summed E-state index contributed by atoms with van der Waals surface area (Å²) in [7, 11) is 0. The highest BCUT2D eigenvalue weighted by Gasteiger charge is 2.26. The van der Waals surface area contributed by atoms with Gasteiger partial charge in [-0.15, -0.1) is 0 Å². The summed E-state index contributed by atoms with van der Waals surface area (Å²) in [6, 6.07) is 1.68. The van der Waals surface area contributed by atoms with E-state index in [9.17, 15) is 9.18 Å². The second-order valence-electron chi connectivity index (χ2n) is 4.97. The Morgan fingerprint density at radius 1 is 1.47 bits per heavy atom. The van der Waals surface area contributed by atoms with Crippen molar-refractivity contribution in [3.63, 3.8) is 0 Å². The molecule has 1 aromatic heterocycles. The summed E-state index contributed by atoms with van der Waals surface area (Å²) in [5, 5.41) is 10.8. The van der Waals surface area contributed by atoms with Crippen LogP contribution in [0, 0.1) is 5.82 Å². The molecule has 2 rings (SSSR count). The summed E-state index contributed by atoms with van der Waals surface area (Å²) in [6.07, 6.45) is 4.49. The first-order chi connectivity index (χ1) is 9.00. The van der Waals surface area contributed by atoms with Crippen LogP contribution in [0.15, 0.2) is 12.3 Å². The number of anilines is 1. The molecule has 0 aromatic carbocycles. The largest absolute Gasteiger partial charge is 0.478 e. The lowest BCUT2D eigenvalue weighted by atomic mass is 10.00. The van der Waals surface area contributed by atoms with E-state index in [4.69, 9.17) is 5.11 Å².